The van der Waals surface area contributed by atoms with Crippen molar-refractivity contribution in [2.24, 2.45) is 0 Å². The first-order valence-corrected chi connectivity index (χ1v) is 19.9. The maximum absolute atomic E-state index is 5.40. The van der Waals surface area contributed by atoms with E-state index in [4.69, 9.17) is 15.0 Å². The van der Waals surface area contributed by atoms with Crippen LogP contribution in [0.5, 0.6) is 0 Å². The molecule has 4 heteroatoms. The predicted molar refractivity (Wildman–Crippen MR) is 244 cm³/mol. The molecule has 0 aliphatic rings. The number of para-hydroxylation sites is 2. The van der Waals surface area contributed by atoms with Gasteiger partial charge >= 0.3 is 0 Å². The van der Waals surface area contributed by atoms with Crippen molar-refractivity contribution in [1.29, 1.82) is 0 Å². The zero-order valence-electron chi connectivity index (χ0n) is 32.1. The van der Waals surface area contributed by atoms with Crippen molar-refractivity contribution < 1.29 is 0 Å². The van der Waals surface area contributed by atoms with Gasteiger partial charge in [0, 0.05) is 27.5 Å². The zero-order chi connectivity index (χ0) is 39.1. The van der Waals surface area contributed by atoms with Gasteiger partial charge in [-0.05, 0) is 80.6 Å². The second-order valence-electron chi connectivity index (χ2n) is 14.8. The van der Waals surface area contributed by atoms with Crippen molar-refractivity contribution in [3.63, 3.8) is 0 Å². The fourth-order valence-corrected chi connectivity index (χ4v) is 8.47. The van der Waals surface area contributed by atoms with Gasteiger partial charge in [0.15, 0.2) is 17.5 Å². The summed E-state index contributed by atoms with van der Waals surface area (Å²) in [5, 5.41) is 4.61. The molecule has 9 aromatic carbocycles. The molecule has 0 atom stereocenters. The van der Waals surface area contributed by atoms with Crippen molar-refractivity contribution in [3.8, 4) is 73.2 Å². The maximum Gasteiger partial charge on any atom is 0.166 e. The van der Waals surface area contributed by atoms with E-state index in [1.54, 1.807) is 0 Å². The Kier molecular flexibility index (Phi) is 8.45. The van der Waals surface area contributed by atoms with E-state index in [1.165, 1.54) is 33.0 Å². The van der Waals surface area contributed by atoms with Crippen LogP contribution in [0.25, 0.3) is 106 Å². The van der Waals surface area contributed by atoms with Crippen molar-refractivity contribution >= 4 is 32.6 Å². The molecule has 0 aliphatic carbocycles. The Morgan fingerprint density at radius 2 is 0.678 bits per heavy atom. The molecule has 0 aliphatic heterocycles. The van der Waals surface area contributed by atoms with Crippen molar-refractivity contribution in [1.82, 2.24) is 19.5 Å². The topological polar surface area (TPSA) is 43.6 Å². The Labute approximate surface area is 342 Å². The molecule has 11 aromatic rings. The van der Waals surface area contributed by atoms with Crippen LogP contribution in [0, 0.1) is 0 Å². The molecule has 0 spiro atoms. The molecular weight excluding hydrogens is 717 g/mol. The molecule has 0 fully saturated rings. The Hall–Kier alpha value is -7.95. The summed E-state index contributed by atoms with van der Waals surface area (Å²) < 4.78 is 2.38. The monoisotopic (exact) mass is 752 g/mol. The summed E-state index contributed by atoms with van der Waals surface area (Å²) in [5.41, 5.74) is 12.9. The van der Waals surface area contributed by atoms with Crippen LogP contribution in [0.4, 0.5) is 0 Å². The van der Waals surface area contributed by atoms with E-state index in [1.807, 2.05) is 18.2 Å². The lowest BCUT2D eigenvalue weighted by Gasteiger charge is -2.17. The van der Waals surface area contributed by atoms with E-state index in [9.17, 15) is 0 Å². The molecule has 0 saturated heterocycles. The van der Waals surface area contributed by atoms with Crippen LogP contribution >= 0.6 is 0 Å². The standard InChI is InChI=1S/C55H36N4/c1-4-17-37(18-5-1)40-23-16-24-41(35-40)42-31-32-49(52(36-42)59-50-29-14-12-27-46(50)47-28-13-15-30-51(47)59)55-57-53(39-21-8-3-9-22-39)56-54(58-55)48-34-33-43(38-19-6-2-7-20-38)44-25-10-11-26-45(44)48/h1-36H. The molecule has 2 aromatic heterocycles. The molecule has 0 saturated carbocycles. The van der Waals surface area contributed by atoms with Crippen LogP contribution in [-0.2, 0) is 0 Å². The summed E-state index contributed by atoms with van der Waals surface area (Å²) in [7, 11) is 0. The van der Waals surface area contributed by atoms with Gasteiger partial charge in [-0.25, -0.2) is 15.0 Å². The number of hydrogen-bond acceptors (Lipinski definition) is 3. The van der Waals surface area contributed by atoms with Gasteiger partial charge in [-0.2, -0.15) is 0 Å². The Morgan fingerprint density at radius 3 is 1.32 bits per heavy atom. The molecule has 4 nitrogen and oxygen atoms in total. The summed E-state index contributed by atoms with van der Waals surface area (Å²) in [6.45, 7) is 0. The van der Waals surface area contributed by atoms with Crippen LogP contribution in [0.1, 0.15) is 0 Å². The number of hydrogen-bond donors (Lipinski definition) is 0. The number of aromatic nitrogens is 4. The van der Waals surface area contributed by atoms with Gasteiger partial charge in [-0.3, -0.25) is 0 Å². The summed E-state index contributed by atoms with van der Waals surface area (Å²) in [6, 6.07) is 77.0. The average Bonchev–Trinajstić information content (AvgIpc) is 3.66. The van der Waals surface area contributed by atoms with E-state index in [2.05, 4.69) is 205 Å². The van der Waals surface area contributed by atoms with E-state index in [0.717, 1.165) is 55.3 Å². The lowest BCUT2D eigenvalue weighted by Crippen LogP contribution is -2.04. The number of rotatable bonds is 7. The van der Waals surface area contributed by atoms with Gasteiger partial charge in [0.05, 0.1) is 16.7 Å². The van der Waals surface area contributed by atoms with Gasteiger partial charge in [0.25, 0.3) is 0 Å². The largest absolute Gasteiger partial charge is 0.308 e. The lowest BCUT2D eigenvalue weighted by molar-refractivity contribution is 1.07. The Bertz CT molecular complexity index is 3260. The molecular formula is C55H36N4. The fourth-order valence-electron chi connectivity index (χ4n) is 8.47. The van der Waals surface area contributed by atoms with Crippen LogP contribution < -0.4 is 0 Å². The maximum atomic E-state index is 5.40. The van der Waals surface area contributed by atoms with Crippen LogP contribution in [-0.4, -0.2) is 19.5 Å². The first-order valence-electron chi connectivity index (χ1n) is 19.9. The average molecular weight is 753 g/mol. The Balaban J connectivity index is 1.18. The molecule has 0 bridgehead atoms. The van der Waals surface area contributed by atoms with Crippen molar-refractivity contribution in [2.75, 3.05) is 0 Å². The SMILES string of the molecule is c1ccc(-c2cccc(-c3ccc(-c4nc(-c5ccccc5)nc(-c5ccc(-c6ccccc6)c6ccccc56)n4)c(-n4c5ccccc5c5ccccc54)c3)c2)cc1. The molecule has 0 unspecified atom stereocenters. The third-order valence-corrected chi connectivity index (χ3v) is 11.3. The molecule has 59 heavy (non-hydrogen) atoms. The minimum absolute atomic E-state index is 0.603. The first kappa shape index (κ1) is 34.3. The summed E-state index contributed by atoms with van der Waals surface area (Å²) in [4.78, 5) is 15.9. The van der Waals surface area contributed by atoms with E-state index in [-0.39, 0.29) is 0 Å². The minimum Gasteiger partial charge on any atom is -0.308 e. The van der Waals surface area contributed by atoms with Gasteiger partial charge in [0.2, 0.25) is 0 Å². The zero-order valence-corrected chi connectivity index (χ0v) is 32.1. The number of fused-ring (bicyclic) bond motifs is 4. The van der Waals surface area contributed by atoms with E-state index < -0.39 is 0 Å². The highest BCUT2D eigenvalue weighted by molar-refractivity contribution is 6.10. The summed E-state index contributed by atoms with van der Waals surface area (Å²) in [6.07, 6.45) is 0. The smallest absolute Gasteiger partial charge is 0.166 e. The van der Waals surface area contributed by atoms with E-state index >= 15 is 0 Å². The molecule has 276 valence electrons. The first-order chi connectivity index (χ1) is 29.3. The summed E-state index contributed by atoms with van der Waals surface area (Å²) in [5.74, 6) is 1.85. The highest BCUT2D eigenvalue weighted by Crippen LogP contribution is 2.40. The van der Waals surface area contributed by atoms with Crippen LogP contribution in [0.15, 0.2) is 218 Å². The summed E-state index contributed by atoms with van der Waals surface area (Å²) >= 11 is 0. The second-order valence-corrected chi connectivity index (χ2v) is 14.8. The molecule has 11 rings (SSSR count). The molecule has 0 radical (unpaired) electrons. The Morgan fingerprint density at radius 1 is 0.254 bits per heavy atom. The minimum atomic E-state index is 0.603. The molecule has 0 N–H and O–H groups in total. The third-order valence-electron chi connectivity index (χ3n) is 11.3. The fraction of sp³-hybridized carbons (Fsp3) is 0. The van der Waals surface area contributed by atoms with Gasteiger partial charge in [-0.15, -0.1) is 0 Å². The third kappa shape index (κ3) is 6.15. The predicted octanol–water partition coefficient (Wildman–Crippen LogP) is 14.1. The second kappa shape index (κ2) is 14.5. The van der Waals surface area contributed by atoms with Crippen LogP contribution in [0.2, 0.25) is 0 Å². The quantitative estimate of drug-likeness (QED) is 0.163. The van der Waals surface area contributed by atoms with Crippen molar-refractivity contribution in [2.45, 2.75) is 0 Å². The van der Waals surface area contributed by atoms with Gasteiger partial charge in [0.1, 0.15) is 0 Å². The lowest BCUT2D eigenvalue weighted by atomic mass is 9.94. The highest BCUT2D eigenvalue weighted by atomic mass is 15.1. The molecule has 0 amide bonds. The van der Waals surface area contributed by atoms with Crippen molar-refractivity contribution in [3.05, 3.63) is 218 Å². The van der Waals surface area contributed by atoms with Gasteiger partial charge < -0.3 is 4.57 Å². The number of benzene rings is 9. The molecule has 2 heterocycles. The van der Waals surface area contributed by atoms with Gasteiger partial charge in [-0.1, -0.05) is 182 Å². The van der Waals surface area contributed by atoms with Crippen LogP contribution in [0.3, 0.4) is 0 Å². The number of nitrogens with zero attached hydrogens (tertiary/aromatic N) is 4. The highest BCUT2D eigenvalue weighted by Gasteiger charge is 2.21. The normalized spacial score (nSPS) is 11.4. The van der Waals surface area contributed by atoms with E-state index in [0.29, 0.717) is 17.5 Å².